The van der Waals surface area contributed by atoms with E-state index in [0.717, 1.165) is 31.5 Å². The summed E-state index contributed by atoms with van der Waals surface area (Å²) in [6, 6.07) is 6.87. The van der Waals surface area contributed by atoms with E-state index in [-0.39, 0.29) is 30.9 Å². The van der Waals surface area contributed by atoms with Gasteiger partial charge in [0.2, 0.25) is 0 Å². The molecule has 0 fully saturated rings. The second-order valence-corrected chi connectivity index (χ2v) is 5.40. The molecule has 0 bridgehead atoms. The third-order valence-corrected chi connectivity index (χ3v) is 4.22. The number of imidazole rings is 1. The molecule has 0 unspecified atom stereocenters. The van der Waals surface area contributed by atoms with E-state index >= 15 is 0 Å². The lowest BCUT2D eigenvalue weighted by atomic mass is 10.0. The summed E-state index contributed by atoms with van der Waals surface area (Å²) in [7, 11) is 0. The minimum absolute atomic E-state index is 0. The smallest absolute Gasteiger partial charge is 0.109 e. The number of fused-ring (bicyclic) bond motifs is 2. The number of halogens is 2. The summed E-state index contributed by atoms with van der Waals surface area (Å²) in [6.45, 7) is 1.12. The van der Waals surface area contributed by atoms with Gasteiger partial charge in [-0.05, 0) is 36.5 Å². The van der Waals surface area contributed by atoms with Crippen molar-refractivity contribution in [3.8, 4) is 11.3 Å². The molecular formula is C15H19Cl2N3. The molecule has 1 aliphatic carbocycles. The molecule has 2 heterocycles. The van der Waals surface area contributed by atoms with E-state index in [9.17, 15) is 0 Å². The molecule has 5 heteroatoms. The molecule has 108 valence electrons. The lowest BCUT2D eigenvalue weighted by molar-refractivity contribution is 0.713. The molecule has 20 heavy (non-hydrogen) atoms. The van der Waals surface area contributed by atoms with Crippen molar-refractivity contribution < 1.29 is 0 Å². The first-order valence-electron chi connectivity index (χ1n) is 6.76. The van der Waals surface area contributed by atoms with Crippen LogP contribution < -0.4 is 5.73 Å². The number of nitrogens with two attached hydrogens (primary N) is 1. The van der Waals surface area contributed by atoms with Crippen molar-refractivity contribution in [3.63, 3.8) is 0 Å². The zero-order valence-corrected chi connectivity index (χ0v) is 12.8. The number of benzene rings is 1. The van der Waals surface area contributed by atoms with Gasteiger partial charge in [0.05, 0.1) is 5.69 Å². The molecule has 0 saturated carbocycles. The maximum Gasteiger partial charge on any atom is 0.109 e. The Hall–Kier alpha value is -1.03. The normalized spacial score (nSPS) is 18.9. The molecular weight excluding hydrogens is 293 g/mol. The van der Waals surface area contributed by atoms with Crippen molar-refractivity contribution in [1.82, 2.24) is 9.55 Å². The summed E-state index contributed by atoms with van der Waals surface area (Å²) < 4.78 is 2.28. The van der Waals surface area contributed by atoms with Crippen LogP contribution in [0.2, 0.25) is 0 Å². The molecule has 1 aromatic heterocycles. The SMILES string of the molecule is Cl.Cl.N[C@@H]1CCc2ccc(-c3cn4c(n3)CCC4)cc21. The van der Waals surface area contributed by atoms with Gasteiger partial charge in [-0.2, -0.15) is 0 Å². The molecule has 2 aliphatic rings. The maximum absolute atomic E-state index is 6.14. The molecule has 3 nitrogen and oxygen atoms in total. The summed E-state index contributed by atoms with van der Waals surface area (Å²) in [6.07, 6.45) is 6.74. The molecule has 0 spiro atoms. The van der Waals surface area contributed by atoms with Gasteiger partial charge in [-0.1, -0.05) is 12.1 Å². The van der Waals surface area contributed by atoms with E-state index in [1.165, 1.54) is 28.9 Å². The van der Waals surface area contributed by atoms with Crippen LogP contribution in [-0.4, -0.2) is 9.55 Å². The fourth-order valence-electron chi connectivity index (χ4n) is 3.19. The van der Waals surface area contributed by atoms with Crippen molar-refractivity contribution in [2.75, 3.05) is 0 Å². The van der Waals surface area contributed by atoms with Crippen molar-refractivity contribution in [1.29, 1.82) is 0 Å². The summed E-state index contributed by atoms with van der Waals surface area (Å²) >= 11 is 0. The van der Waals surface area contributed by atoms with E-state index in [1.807, 2.05) is 0 Å². The van der Waals surface area contributed by atoms with Gasteiger partial charge in [-0.15, -0.1) is 24.8 Å². The Morgan fingerprint density at radius 2 is 2.05 bits per heavy atom. The Bertz CT molecular complexity index is 600. The van der Waals surface area contributed by atoms with Crippen LogP contribution in [-0.2, 0) is 19.4 Å². The van der Waals surface area contributed by atoms with Gasteiger partial charge in [0.1, 0.15) is 5.82 Å². The van der Waals surface area contributed by atoms with Gasteiger partial charge < -0.3 is 10.3 Å². The molecule has 2 aromatic rings. The van der Waals surface area contributed by atoms with Crippen LogP contribution in [0.5, 0.6) is 0 Å². The van der Waals surface area contributed by atoms with Gasteiger partial charge in [0.15, 0.2) is 0 Å². The van der Waals surface area contributed by atoms with E-state index in [0.29, 0.717) is 0 Å². The number of aromatic nitrogens is 2. The predicted molar refractivity (Wildman–Crippen MR) is 85.7 cm³/mol. The van der Waals surface area contributed by atoms with Crippen LogP contribution in [0.3, 0.4) is 0 Å². The lowest BCUT2D eigenvalue weighted by Gasteiger charge is -2.06. The fraction of sp³-hybridized carbons (Fsp3) is 0.400. The highest BCUT2D eigenvalue weighted by Gasteiger charge is 2.20. The number of hydrogen-bond acceptors (Lipinski definition) is 2. The molecule has 4 rings (SSSR count). The van der Waals surface area contributed by atoms with Crippen LogP contribution in [0, 0.1) is 0 Å². The number of rotatable bonds is 1. The van der Waals surface area contributed by atoms with Crippen molar-refractivity contribution in [2.24, 2.45) is 5.73 Å². The average molecular weight is 312 g/mol. The second-order valence-electron chi connectivity index (χ2n) is 5.40. The summed E-state index contributed by atoms with van der Waals surface area (Å²) in [4.78, 5) is 4.73. The Morgan fingerprint density at radius 1 is 1.20 bits per heavy atom. The molecule has 1 aromatic carbocycles. The molecule has 1 aliphatic heterocycles. The fourth-order valence-corrected chi connectivity index (χ4v) is 3.19. The summed E-state index contributed by atoms with van der Waals surface area (Å²) in [5.74, 6) is 1.23. The number of aryl methyl sites for hydroxylation is 3. The molecule has 2 N–H and O–H groups in total. The number of nitrogens with zero attached hydrogens (tertiary/aromatic N) is 2. The van der Waals surface area contributed by atoms with Gasteiger partial charge in [-0.3, -0.25) is 0 Å². The monoisotopic (exact) mass is 311 g/mol. The van der Waals surface area contributed by atoms with Crippen LogP contribution in [0.25, 0.3) is 11.3 Å². The van der Waals surface area contributed by atoms with E-state index in [2.05, 4.69) is 29.0 Å². The summed E-state index contributed by atoms with van der Waals surface area (Å²) in [5.41, 5.74) is 11.2. The van der Waals surface area contributed by atoms with Crippen molar-refractivity contribution in [2.45, 2.75) is 38.3 Å². The third kappa shape index (κ3) is 2.34. The molecule has 0 radical (unpaired) electrons. The zero-order valence-electron chi connectivity index (χ0n) is 11.2. The van der Waals surface area contributed by atoms with E-state index < -0.39 is 0 Å². The molecule has 1 atom stereocenters. The van der Waals surface area contributed by atoms with Crippen molar-refractivity contribution >= 4 is 24.8 Å². The highest BCUT2D eigenvalue weighted by molar-refractivity contribution is 5.85. The molecule has 0 saturated heterocycles. The lowest BCUT2D eigenvalue weighted by Crippen LogP contribution is -2.05. The van der Waals surface area contributed by atoms with Crippen LogP contribution >= 0.6 is 24.8 Å². The van der Waals surface area contributed by atoms with Crippen molar-refractivity contribution in [3.05, 3.63) is 41.3 Å². The van der Waals surface area contributed by atoms with Gasteiger partial charge in [0.25, 0.3) is 0 Å². The summed E-state index contributed by atoms with van der Waals surface area (Å²) in [5, 5.41) is 0. The standard InChI is InChI=1S/C15H17N3.2ClH/c16-13-6-5-10-3-4-11(8-12(10)13)14-9-18-7-1-2-15(18)17-14;;/h3-4,8-9,13H,1-2,5-7,16H2;2*1H/t13-;;/m1../s1. The Morgan fingerprint density at radius 3 is 2.85 bits per heavy atom. The third-order valence-electron chi connectivity index (χ3n) is 4.22. The molecule has 0 amide bonds. The predicted octanol–water partition coefficient (Wildman–Crippen LogP) is 3.29. The van der Waals surface area contributed by atoms with Crippen LogP contribution in [0.15, 0.2) is 24.4 Å². The Kier molecular flexibility index (Phi) is 4.43. The van der Waals surface area contributed by atoms with E-state index in [4.69, 9.17) is 10.7 Å². The number of hydrogen-bond donors (Lipinski definition) is 1. The quantitative estimate of drug-likeness (QED) is 0.878. The van der Waals surface area contributed by atoms with Gasteiger partial charge in [-0.25, -0.2) is 4.98 Å². The minimum atomic E-state index is 0. The highest BCUT2D eigenvalue weighted by atomic mass is 35.5. The Labute approximate surface area is 131 Å². The first kappa shape index (κ1) is 15.4. The van der Waals surface area contributed by atoms with Gasteiger partial charge >= 0.3 is 0 Å². The largest absolute Gasteiger partial charge is 0.334 e. The van der Waals surface area contributed by atoms with Crippen LogP contribution in [0.4, 0.5) is 0 Å². The maximum atomic E-state index is 6.14. The minimum Gasteiger partial charge on any atom is -0.334 e. The highest BCUT2D eigenvalue weighted by Crippen LogP contribution is 2.33. The topological polar surface area (TPSA) is 43.8 Å². The van der Waals surface area contributed by atoms with Crippen LogP contribution in [0.1, 0.15) is 35.8 Å². The van der Waals surface area contributed by atoms with E-state index in [1.54, 1.807) is 0 Å². The zero-order chi connectivity index (χ0) is 12.1. The second kappa shape index (κ2) is 5.76. The first-order chi connectivity index (χ1) is 8.81. The Balaban J connectivity index is 0.000000735. The average Bonchev–Trinajstić information content (AvgIpc) is 3.03. The first-order valence-corrected chi connectivity index (χ1v) is 6.76. The van der Waals surface area contributed by atoms with Gasteiger partial charge in [0, 0.05) is 30.8 Å².